The Labute approximate surface area is 236 Å². The number of hydrogen-bond donors (Lipinski definition) is 3. The zero-order chi connectivity index (χ0) is 28.6. The quantitative estimate of drug-likeness (QED) is 0.128. The zero-order valence-electron chi connectivity index (χ0n) is 25.2. The highest BCUT2D eigenvalue weighted by Crippen LogP contribution is 2.45. The summed E-state index contributed by atoms with van der Waals surface area (Å²) in [6.07, 6.45) is 15.7. The van der Waals surface area contributed by atoms with Crippen LogP contribution in [-0.2, 0) is 0 Å². The van der Waals surface area contributed by atoms with E-state index in [9.17, 15) is 4.39 Å². The van der Waals surface area contributed by atoms with Crippen LogP contribution in [0, 0.1) is 18.3 Å². The van der Waals surface area contributed by atoms with Gasteiger partial charge in [0.15, 0.2) is 0 Å². The maximum atomic E-state index is 13.5. The maximum absolute atomic E-state index is 13.5. The molecule has 0 spiro atoms. The normalized spacial score (nSPS) is 22.6. The first-order chi connectivity index (χ1) is 18.6. The lowest BCUT2D eigenvalue weighted by atomic mass is 9.78. The van der Waals surface area contributed by atoms with Crippen LogP contribution in [0.5, 0.6) is 0 Å². The van der Waals surface area contributed by atoms with Gasteiger partial charge in [0.05, 0.1) is 6.04 Å². The third kappa shape index (κ3) is 8.41. The Hall–Kier alpha value is -2.66. The van der Waals surface area contributed by atoms with Gasteiger partial charge in [0, 0.05) is 29.4 Å². The highest BCUT2D eigenvalue weighted by molar-refractivity contribution is 5.98. The van der Waals surface area contributed by atoms with Gasteiger partial charge in [-0.25, -0.2) is 4.39 Å². The molecule has 2 saturated carbocycles. The number of nitrogens with zero attached hydrogens (tertiary/aromatic N) is 1. The minimum absolute atomic E-state index is 0.00486. The summed E-state index contributed by atoms with van der Waals surface area (Å²) in [7, 11) is 1.97. The first-order valence-corrected chi connectivity index (χ1v) is 14.8. The lowest BCUT2D eigenvalue weighted by Gasteiger charge is -2.27. The van der Waals surface area contributed by atoms with Crippen LogP contribution in [0.15, 0.2) is 70.4 Å². The number of hydrogen-bond acceptors (Lipinski definition) is 3. The van der Waals surface area contributed by atoms with Gasteiger partial charge in [-0.3, -0.25) is 4.99 Å². The third-order valence-corrected chi connectivity index (χ3v) is 8.87. The van der Waals surface area contributed by atoms with Gasteiger partial charge in [-0.15, -0.1) is 0 Å². The lowest BCUT2D eigenvalue weighted by molar-refractivity contribution is 0.261. The fourth-order valence-corrected chi connectivity index (χ4v) is 5.98. The van der Waals surface area contributed by atoms with Gasteiger partial charge in [0.25, 0.3) is 0 Å². The van der Waals surface area contributed by atoms with E-state index >= 15 is 0 Å². The van der Waals surface area contributed by atoms with Gasteiger partial charge in [0.1, 0.15) is 12.0 Å². The number of amidine groups is 1. The molecule has 4 N–H and O–H groups in total. The minimum atomic E-state index is -0.742. The summed E-state index contributed by atoms with van der Waals surface area (Å²) >= 11 is 0. The summed E-state index contributed by atoms with van der Waals surface area (Å²) in [6, 6.07) is 5.92. The molecule has 3 atom stereocenters. The molecule has 0 heterocycles. The summed E-state index contributed by atoms with van der Waals surface area (Å²) in [5, 5.41) is 6.88. The van der Waals surface area contributed by atoms with E-state index in [2.05, 4.69) is 68.1 Å². The third-order valence-electron chi connectivity index (χ3n) is 8.87. The molecule has 0 saturated heterocycles. The van der Waals surface area contributed by atoms with Crippen LogP contribution in [0.25, 0.3) is 0 Å². The van der Waals surface area contributed by atoms with Gasteiger partial charge in [-0.1, -0.05) is 63.1 Å². The van der Waals surface area contributed by atoms with Crippen molar-refractivity contribution in [2.45, 2.75) is 98.2 Å². The highest BCUT2D eigenvalue weighted by Gasteiger charge is 2.41. The van der Waals surface area contributed by atoms with Crippen molar-refractivity contribution in [3.8, 4) is 0 Å². The predicted molar refractivity (Wildman–Crippen MR) is 167 cm³/mol. The van der Waals surface area contributed by atoms with E-state index in [1.54, 1.807) is 0 Å². The standard InChI is InChI=1S/C34H51FN4/c1-8-12-27(15-18-34(9-2)16-10-11-17-34)19-24(4)30(22-37-7)26(6)38-32-20-28(14-13-23(32)3)33(36)39-25(5)29-21-31(29)35/h8,12-14,19-20,25,29,31,37-38H,6,9-11,15-18,21-22H2,1-5,7H3,(H2,36,39)/b12-8-,27-19+,30-24-/t25?,29-,31+/m1/s1. The van der Waals surface area contributed by atoms with E-state index in [0.29, 0.717) is 24.2 Å². The molecular formula is C34H51FN4. The topological polar surface area (TPSA) is 62.4 Å². The number of benzene rings is 1. The maximum Gasteiger partial charge on any atom is 0.125 e. The van der Waals surface area contributed by atoms with Gasteiger partial charge in [0.2, 0.25) is 0 Å². The molecule has 39 heavy (non-hydrogen) atoms. The summed E-state index contributed by atoms with van der Waals surface area (Å²) in [5.41, 5.74) is 14.3. The molecule has 2 aliphatic carbocycles. The number of alkyl halides is 1. The zero-order valence-corrected chi connectivity index (χ0v) is 25.2. The molecule has 0 bridgehead atoms. The van der Waals surface area contributed by atoms with Crippen molar-refractivity contribution in [3.63, 3.8) is 0 Å². The summed E-state index contributed by atoms with van der Waals surface area (Å²) < 4.78 is 13.5. The van der Waals surface area contributed by atoms with Crippen molar-refractivity contribution in [2.24, 2.45) is 22.1 Å². The molecule has 2 fully saturated rings. The summed E-state index contributed by atoms with van der Waals surface area (Å²) in [5.74, 6) is 0.443. The molecular weight excluding hydrogens is 483 g/mol. The van der Waals surface area contributed by atoms with Crippen LogP contribution in [-0.4, -0.2) is 31.6 Å². The smallest absolute Gasteiger partial charge is 0.125 e. The molecule has 1 unspecified atom stereocenters. The summed E-state index contributed by atoms with van der Waals surface area (Å²) in [4.78, 5) is 4.58. The molecule has 1 aromatic rings. The molecule has 214 valence electrons. The Bertz CT molecular complexity index is 1120. The number of nitrogens with one attached hydrogen (secondary N) is 2. The minimum Gasteiger partial charge on any atom is -0.383 e. The van der Waals surface area contributed by atoms with E-state index in [-0.39, 0.29) is 12.0 Å². The molecule has 0 aliphatic heterocycles. The number of nitrogens with two attached hydrogens (primary N) is 1. The second kappa shape index (κ2) is 14.1. The first-order valence-electron chi connectivity index (χ1n) is 14.8. The fraction of sp³-hybridized carbons (Fsp3) is 0.559. The van der Waals surface area contributed by atoms with Crippen LogP contribution >= 0.6 is 0 Å². The molecule has 2 aliphatic rings. The first kappa shape index (κ1) is 30.9. The molecule has 1 aromatic carbocycles. The lowest BCUT2D eigenvalue weighted by Crippen LogP contribution is -2.19. The van der Waals surface area contributed by atoms with Crippen LogP contribution in [0.2, 0.25) is 0 Å². The fourth-order valence-electron chi connectivity index (χ4n) is 5.98. The van der Waals surface area contributed by atoms with Crippen molar-refractivity contribution in [1.29, 1.82) is 0 Å². The average Bonchev–Trinajstić information content (AvgIpc) is 3.46. The number of rotatable bonds is 14. The molecule has 3 rings (SSSR count). The second-order valence-corrected chi connectivity index (χ2v) is 11.8. The molecule has 0 amide bonds. The van der Waals surface area contributed by atoms with E-state index in [1.807, 2.05) is 32.2 Å². The van der Waals surface area contributed by atoms with Gasteiger partial charge >= 0.3 is 0 Å². The van der Waals surface area contributed by atoms with Gasteiger partial charge in [-0.2, -0.15) is 0 Å². The van der Waals surface area contributed by atoms with Gasteiger partial charge < -0.3 is 16.4 Å². The number of aliphatic imine (C=N–C) groups is 1. The van der Waals surface area contributed by atoms with E-state index in [4.69, 9.17) is 5.73 Å². The van der Waals surface area contributed by atoms with Crippen LogP contribution < -0.4 is 16.4 Å². The molecule has 4 nitrogen and oxygen atoms in total. The van der Waals surface area contributed by atoms with E-state index in [1.165, 1.54) is 49.7 Å². The number of anilines is 1. The van der Waals surface area contributed by atoms with Crippen molar-refractivity contribution in [1.82, 2.24) is 5.32 Å². The van der Waals surface area contributed by atoms with Gasteiger partial charge in [-0.05, 0) is 101 Å². The molecule has 0 aromatic heterocycles. The predicted octanol–water partition coefficient (Wildman–Crippen LogP) is 8.16. The molecule has 5 heteroatoms. The average molecular weight is 535 g/mol. The number of allylic oxidation sites excluding steroid dienone is 5. The monoisotopic (exact) mass is 534 g/mol. The van der Waals surface area contributed by atoms with Crippen LogP contribution in [0.4, 0.5) is 10.1 Å². The van der Waals surface area contributed by atoms with Crippen molar-refractivity contribution in [2.75, 3.05) is 18.9 Å². The Morgan fingerprint density at radius 1 is 1.31 bits per heavy atom. The Kier molecular flexibility index (Phi) is 11.2. The number of halogens is 1. The van der Waals surface area contributed by atoms with Crippen LogP contribution in [0.1, 0.15) is 90.2 Å². The Morgan fingerprint density at radius 3 is 2.59 bits per heavy atom. The Balaban J connectivity index is 1.80. The second-order valence-electron chi connectivity index (χ2n) is 11.8. The number of aryl methyl sites for hydroxylation is 1. The van der Waals surface area contributed by atoms with Crippen molar-refractivity contribution in [3.05, 3.63) is 76.5 Å². The van der Waals surface area contributed by atoms with Crippen LogP contribution in [0.3, 0.4) is 0 Å². The van der Waals surface area contributed by atoms with E-state index in [0.717, 1.165) is 34.5 Å². The highest BCUT2D eigenvalue weighted by atomic mass is 19.1. The Morgan fingerprint density at radius 2 is 2.00 bits per heavy atom. The SMILES string of the molecule is C=C(Nc1cc(C(N)=NC(C)[C@H]2C[C@@H]2F)ccc1C)\C(CNC)=C(C)/C=C(\C=C/C)CCC1(CC)CCCC1. The molecule has 0 radical (unpaired) electrons. The largest absolute Gasteiger partial charge is 0.383 e. The summed E-state index contributed by atoms with van der Waals surface area (Å²) in [6.45, 7) is 15.8. The van der Waals surface area contributed by atoms with Crippen molar-refractivity contribution >= 4 is 11.5 Å². The van der Waals surface area contributed by atoms with Crippen molar-refractivity contribution < 1.29 is 4.39 Å². The number of likely N-dealkylation sites (N-methyl/N-ethyl adjacent to an activating group) is 1. The van der Waals surface area contributed by atoms with E-state index < -0.39 is 6.17 Å².